The number of phenolic OH excluding ortho intramolecular Hbond substituents is 2. The third-order valence-electron chi connectivity index (χ3n) is 3.52. The molecule has 2 aromatic carbocycles. The number of carbonyl (C=O) groups is 1. The first kappa shape index (κ1) is 15.7. The van der Waals surface area contributed by atoms with Gasteiger partial charge in [-0.05, 0) is 30.7 Å². The van der Waals surface area contributed by atoms with Crippen LogP contribution in [-0.4, -0.2) is 35.0 Å². The Hall–Kier alpha value is -3.22. The Morgan fingerprint density at radius 1 is 1.29 bits per heavy atom. The van der Waals surface area contributed by atoms with Crippen molar-refractivity contribution in [3.63, 3.8) is 0 Å². The summed E-state index contributed by atoms with van der Waals surface area (Å²) in [5, 5.41) is 23.0. The molecule has 0 spiro atoms. The van der Waals surface area contributed by atoms with Gasteiger partial charge >= 0.3 is 0 Å². The minimum atomic E-state index is -0.813. The predicted molar refractivity (Wildman–Crippen MR) is 86.6 cm³/mol. The van der Waals surface area contributed by atoms with Crippen LogP contribution in [0.1, 0.15) is 11.1 Å². The van der Waals surface area contributed by atoms with Gasteiger partial charge in [0.15, 0.2) is 11.5 Å². The number of hydrogen-bond donors (Lipinski definition) is 3. The fourth-order valence-corrected chi connectivity index (χ4v) is 2.31. The summed E-state index contributed by atoms with van der Waals surface area (Å²) in [6.45, 7) is 1.79. The molecule has 0 unspecified atom stereocenters. The molecule has 0 aliphatic carbocycles. The molecule has 1 atom stereocenters. The summed E-state index contributed by atoms with van der Waals surface area (Å²) < 4.78 is 11.0. The molecule has 1 amide bonds. The lowest BCUT2D eigenvalue weighted by Crippen LogP contribution is -2.42. The highest BCUT2D eigenvalue weighted by atomic mass is 16.6. The van der Waals surface area contributed by atoms with Crippen LogP contribution in [0.3, 0.4) is 0 Å². The lowest BCUT2D eigenvalue weighted by Gasteiger charge is -2.24. The first-order valence-electron chi connectivity index (χ1n) is 7.28. The fraction of sp³-hybridized carbons (Fsp3) is 0.176. The van der Waals surface area contributed by atoms with Crippen LogP contribution in [0.4, 0.5) is 0 Å². The van der Waals surface area contributed by atoms with Gasteiger partial charge in [0.25, 0.3) is 5.91 Å². The molecule has 0 bridgehead atoms. The number of nitrogens with one attached hydrogen (secondary N) is 1. The number of hydrazone groups is 1. The van der Waals surface area contributed by atoms with Crippen LogP contribution in [0.5, 0.6) is 23.0 Å². The van der Waals surface area contributed by atoms with Crippen LogP contribution >= 0.6 is 0 Å². The number of benzene rings is 2. The molecule has 1 aliphatic rings. The van der Waals surface area contributed by atoms with Crippen molar-refractivity contribution in [2.45, 2.75) is 13.0 Å². The second kappa shape index (κ2) is 6.49. The fourth-order valence-electron chi connectivity index (χ4n) is 2.31. The van der Waals surface area contributed by atoms with Gasteiger partial charge in [-0.2, -0.15) is 5.10 Å². The van der Waals surface area contributed by atoms with E-state index in [-0.39, 0.29) is 18.1 Å². The van der Waals surface area contributed by atoms with E-state index in [1.165, 1.54) is 18.3 Å². The zero-order valence-electron chi connectivity index (χ0n) is 12.9. The number of aryl methyl sites for hydroxylation is 1. The van der Waals surface area contributed by atoms with Gasteiger partial charge in [-0.25, -0.2) is 5.43 Å². The average molecular weight is 328 g/mol. The summed E-state index contributed by atoms with van der Waals surface area (Å²) in [6.07, 6.45) is 0.492. The van der Waals surface area contributed by atoms with Gasteiger partial charge in [0, 0.05) is 11.6 Å². The van der Waals surface area contributed by atoms with Gasteiger partial charge in [-0.3, -0.25) is 4.79 Å². The van der Waals surface area contributed by atoms with E-state index in [1.807, 2.05) is 6.07 Å². The molecule has 0 saturated carbocycles. The number of amides is 1. The Morgan fingerprint density at radius 2 is 2.04 bits per heavy atom. The van der Waals surface area contributed by atoms with E-state index in [0.29, 0.717) is 22.6 Å². The summed E-state index contributed by atoms with van der Waals surface area (Å²) in [5.41, 5.74) is 3.38. The summed E-state index contributed by atoms with van der Waals surface area (Å²) in [4.78, 5) is 12.1. The SMILES string of the molecule is Cc1cc(O)cc(O)c1C=NNC(=O)[C@H]1COc2ccccc2O1. The van der Waals surface area contributed by atoms with Crippen molar-refractivity contribution in [1.29, 1.82) is 0 Å². The van der Waals surface area contributed by atoms with Gasteiger partial charge in [0.05, 0.1) is 6.21 Å². The molecule has 24 heavy (non-hydrogen) atoms. The van der Waals surface area contributed by atoms with Crippen molar-refractivity contribution in [2.75, 3.05) is 6.61 Å². The third-order valence-corrected chi connectivity index (χ3v) is 3.52. The molecule has 0 saturated heterocycles. The molecular formula is C17H16N2O5. The van der Waals surface area contributed by atoms with Gasteiger partial charge in [0.2, 0.25) is 6.10 Å². The number of nitrogens with zero attached hydrogens (tertiary/aromatic N) is 1. The second-order valence-electron chi connectivity index (χ2n) is 5.29. The molecule has 0 fully saturated rings. The van der Waals surface area contributed by atoms with E-state index in [0.717, 1.165) is 0 Å². The Morgan fingerprint density at radius 3 is 2.79 bits per heavy atom. The number of phenols is 2. The molecule has 1 aliphatic heterocycles. The number of para-hydroxylation sites is 2. The Bertz CT molecular complexity index is 780. The molecule has 0 radical (unpaired) electrons. The molecular weight excluding hydrogens is 312 g/mol. The van der Waals surface area contributed by atoms with Gasteiger partial charge < -0.3 is 19.7 Å². The molecule has 7 nitrogen and oxygen atoms in total. The van der Waals surface area contributed by atoms with E-state index >= 15 is 0 Å². The number of rotatable bonds is 3. The van der Waals surface area contributed by atoms with Crippen molar-refractivity contribution in [2.24, 2.45) is 5.10 Å². The van der Waals surface area contributed by atoms with E-state index in [1.54, 1.807) is 25.1 Å². The Labute approximate surface area is 138 Å². The number of ether oxygens (including phenoxy) is 2. The highest BCUT2D eigenvalue weighted by molar-refractivity contribution is 5.88. The molecule has 7 heteroatoms. The molecule has 3 rings (SSSR count). The first-order valence-corrected chi connectivity index (χ1v) is 7.28. The maximum atomic E-state index is 12.1. The van der Waals surface area contributed by atoms with Crippen LogP contribution < -0.4 is 14.9 Å². The van der Waals surface area contributed by atoms with Gasteiger partial charge in [-0.1, -0.05) is 12.1 Å². The smallest absolute Gasteiger partial charge is 0.284 e. The normalized spacial score (nSPS) is 16.1. The molecule has 124 valence electrons. The minimum Gasteiger partial charge on any atom is -0.508 e. The summed E-state index contributed by atoms with van der Waals surface area (Å²) in [7, 11) is 0. The van der Waals surface area contributed by atoms with Crippen LogP contribution in [0, 0.1) is 6.92 Å². The quantitative estimate of drug-likeness (QED) is 0.588. The standard InChI is InChI=1S/C17H16N2O5/c1-10-6-11(20)7-13(21)12(10)8-18-19-17(22)16-9-23-14-4-2-3-5-15(14)24-16/h2-8,16,20-21H,9H2,1H3,(H,19,22)/t16-/m1/s1. The first-order chi connectivity index (χ1) is 11.5. The largest absolute Gasteiger partial charge is 0.508 e. The van der Waals surface area contributed by atoms with E-state index in [2.05, 4.69) is 10.5 Å². The third kappa shape index (κ3) is 3.24. The lowest BCUT2D eigenvalue weighted by molar-refractivity contribution is -0.130. The molecule has 3 N–H and O–H groups in total. The van der Waals surface area contributed by atoms with Crippen molar-refractivity contribution in [3.8, 4) is 23.0 Å². The summed E-state index contributed by atoms with van der Waals surface area (Å²) in [5.74, 6) is 0.459. The van der Waals surface area contributed by atoms with Crippen LogP contribution in [0.25, 0.3) is 0 Å². The maximum absolute atomic E-state index is 12.1. The monoisotopic (exact) mass is 328 g/mol. The minimum absolute atomic E-state index is 0.0439. The lowest BCUT2D eigenvalue weighted by atomic mass is 10.1. The van der Waals surface area contributed by atoms with Gasteiger partial charge in [-0.15, -0.1) is 0 Å². The molecule has 1 heterocycles. The predicted octanol–water partition coefficient (Wildman–Crippen LogP) is 1.70. The summed E-state index contributed by atoms with van der Waals surface area (Å²) in [6, 6.07) is 9.77. The average Bonchev–Trinajstić information content (AvgIpc) is 2.56. The number of aromatic hydroxyl groups is 2. The van der Waals surface area contributed by atoms with Crippen molar-refractivity contribution < 1.29 is 24.5 Å². The summed E-state index contributed by atoms with van der Waals surface area (Å²) >= 11 is 0. The highest BCUT2D eigenvalue weighted by Crippen LogP contribution is 2.30. The zero-order chi connectivity index (χ0) is 17.1. The van der Waals surface area contributed by atoms with Crippen molar-refractivity contribution in [1.82, 2.24) is 5.43 Å². The van der Waals surface area contributed by atoms with Crippen molar-refractivity contribution >= 4 is 12.1 Å². The van der Waals surface area contributed by atoms with E-state index < -0.39 is 12.0 Å². The van der Waals surface area contributed by atoms with Crippen molar-refractivity contribution in [3.05, 3.63) is 47.5 Å². The molecule has 2 aromatic rings. The number of fused-ring (bicyclic) bond motifs is 1. The molecule has 0 aromatic heterocycles. The zero-order valence-corrected chi connectivity index (χ0v) is 12.9. The topological polar surface area (TPSA) is 100 Å². The Kier molecular flexibility index (Phi) is 4.24. The number of hydrogen-bond acceptors (Lipinski definition) is 6. The maximum Gasteiger partial charge on any atom is 0.284 e. The van der Waals surface area contributed by atoms with Crippen LogP contribution in [0.15, 0.2) is 41.5 Å². The number of carbonyl (C=O) groups excluding carboxylic acids is 1. The second-order valence-corrected chi connectivity index (χ2v) is 5.29. The van der Waals surface area contributed by atoms with Crippen LogP contribution in [0.2, 0.25) is 0 Å². The highest BCUT2D eigenvalue weighted by Gasteiger charge is 2.27. The Balaban J connectivity index is 1.64. The van der Waals surface area contributed by atoms with Crippen LogP contribution in [-0.2, 0) is 4.79 Å². The van der Waals surface area contributed by atoms with E-state index in [4.69, 9.17) is 9.47 Å². The van der Waals surface area contributed by atoms with E-state index in [9.17, 15) is 15.0 Å². The van der Waals surface area contributed by atoms with Gasteiger partial charge in [0.1, 0.15) is 18.1 Å².